The number of rotatable bonds is 10. The number of aryl methyl sites for hydroxylation is 4. The van der Waals surface area contributed by atoms with E-state index in [1.54, 1.807) is 0 Å². The molecule has 0 spiro atoms. The van der Waals surface area contributed by atoms with Gasteiger partial charge in [-0.3, -0.25) is 0 Å². The standard InChI is InChI=1S/C28H42O/c1-9-13-25(23(7)27-19(3)15-11-16-20(27)4)29-26(14-10-2)24(8)28-21(5)17-12-18-22(28)6/h11-12,15-18,23-26H,9-10,13-14H2,1-8H3. The molecule has 0 N–H and O–H groups in total. The van der Waals surface area contributed by atoms with E-state index in [2.05, 4.69) is 91.8 Å². The summed E-state index contributed by atoms with van der Waals surface area (Å²) in [5.74, 6) is 0.807. The normalized spacial score (nSPS) is 15.7. The van der Waals surface area contributed by atoms with Crippen LogP contribution < -0.4 is 0 Å². The quantitative estimate of drug-likeness (QED) is 0.395. The van der Waals surface area contributed by atoms with Gasteiger partial charge in [0.15, 0.2) is 0 Å². The van der Waals surface area contributed by atoms with Gasteiger partial charge >= 0.3 is 0 Å². The number of benzene rings is 2. The van der Waals surface area contributed by atoms with Crippen LogP contribution in [0.25, 0.3) is 0 Å². The summed E-state index contributed by atoms with van der Waals surface area (Å²) in [5, 5.41) is 0. The Hall–Kier alpha value is -1.60. The minimum Gasteiger partial charge on any atom is -0.374 e. The molecule has 160 valence electrons. The fraction of sp³-hybridized carbons (Fsp3) is 0.571. The smallest absolute Gasteiger partial charge is 0.0645 e. The van der Waals surface area contributed by atoms with E-state index in [0.717, 1.165) is 25.7 Å². The van der Waals surface area contributed by atoms with Gasteiger partial charge in [-0.05, 0) is 73.9 Å². The summed E-state index contributed by atoms with van der Waals surface area (Å²) in [6.07, 6.45) is 5.02. The molecule has 0 radical (unpaired) electrons. The second-order valence-electron chi connectivity index (χ2n) is 8.98. The van der Waals surface area contributed by atoms with E-state index < -0.39 is 0 Å². The molecular weight excluding hydrogens is 352 g/mol. The Labute approximate surface area is 179 Å². The predicted octanol–water partition coefficient (Wildman–Crippen LogP) is 8.18. The Kier molecular flexibility index (Phi) is 8.96. The van der Waals surface area contributed by atoms with Crippen LogP contribution >= 0.6 is 0 Å². The molecule has 4 atom stereocenters. The Morgan fingerprint density at radius 3 is 1.21 bits per heavy atom. The zero-order valence-corrected chi connectivity index (χ0v) is 20.0. The number of hydrogen-bond donors (Lipinski definition) is 0. The molecule has 0 aliphatic rings. The van der Waals surface area contributed by atoms with Crippen LogP contribution in [0.15, 0.2) is 36.4 Å². The van der Waals surface area contributed by atoms with Crippen LogP contribution in [0, 0.1) is 27.7 Å². The lowest BCUT2D eigenvalue weighted by atomic mass is 9.84. The lowest BCUT2D eigenvalue weighted by Crippen LogP contribution is -2.31. The molecule has 0 saturated heterocycles. The molecule has 0 bridgehead atoms. The highest BCUT2D eigenvalue weighted by Gasteiger charge is 2.29. The number of ether oxygens (including phenoxy) is 1. The monoisotopic (exact) mass is 394 g/mol. The molecule has 1 nitrogen and oxygen atoms in total. The maximum absolute atomic E-state index is 6.98. The van der Waals surface area contributed by atoms with Crippen LogP contribution in [-0.4, -0.2) is 12.2 Å². The highest BCUT2D eigenvalue weighted by Crippen LogP contribution is 2.35. The molecule has 0 aliphatic heterocycles. The van der Waals surface area contributed by atoms with Crippen molar-refractivity contribution in [2.75, 3.05) is 0 Å². The van der Waals surface area contributed by atoms with E-state index in [1.807, 2.05) is 0 Å². The van der Waals surface area contributed by atoms with Gasteiger partial charge in [-0.15, -0.1) is 0 Å². The van der Waals surface area contributed by atoms with Gasteiger partial charge in [-0.2, -0.15) is 0 Å². The van der Waals surface area contributed by atoms with Crippen molar-refractivity contribution in [3.63, 3.8) is 0 Å². The Morgan fingerprint density at radius 1 is 0.621 bits per heavy atom. The van der Waals surface area contributed by atoms with Crippen LogP contribution in [0.5, 0.6) is 0 Å². The van der Waals surface area contributed by atoms with Crippen molar-refractivity contribution >= 4 is 0 Å². The minimum absolute atomic E-state index is 0.253. The van der Waals surface area contributed by atoms with Crippen molar-refractivity contribution < 1.29 is 4.74 Å². The fourth-order valence-electron chi connectivity index (χ4n) is 5.13. The van der Waals surface area contributed by atoms with Crippen LogP contribution in [-0.2, 0) is 4.74 Å². The first-order valence-corrected chi connectivity index (χ1v) is 11.6. The fourth-order valence-corrected chi connectivity index (χ4v) is 5.13. The van der Waals surface area contributed by atoms with Crippen LogP contribution in [0.1, 0.15) is 98.6 Å². The summed E-state index contributed by atoms with van der Waals surface area (Å²) in [4.78, 5) is 0. The highest BCUT2D eigenvalue weighted by molar-refractivity contribution is 5.38. The second-order valence-corrected chi connectivity index (χ2v) is 8.98. The van der Waals surface area contributed by atoms with Crippen LogP contribution in [0.3, 0.4) is 0 Å². The maximum atomic E-state index is 6.98. The summed E-state index contributed by atoms with van der Waals surface area (Å²) in [7, 11) is 0. The third-order valence-corrected chi connectivity index (χ3v) is 6.61. The maximum Gasteiger partial charge on any atom is 0.0645 e. The topological polar surface area (TPSA) is 9.23 Å². The first-order chi connectivity index (χ1) is 13.8. The Bertz CT molecular complexity index is 670. The molecule has 29 heavy (non-hydrogen) atoms. The predicted molar refractivity (Wildman–Crippen MR) is 127 cm³/mol. The first kappa shape index (κ1) is 23.7. The van der Waals surface area contributed by atoms with E-state index in [9.17, 15) is 0 Å². The molecule has 0 aliphatic carbocycles. The Balaban J connectivity index is 2.34. The van der Waals surface area contributed by atoms with Crippen molar-refractivity contribution in [1.29, 1.82) is 0 Å². The van der Waals surface area contributed by atoms with Crippen LogP contribution in [0.2, 0.25) is 0 Å². The molecule has 0 saturated carbocycles. The molecular formula is C28H42O. The van der Waals surface area contributed by atoms with Gasteiger partial charge < -0.3 is 4.74 Å². The average Bonchev–Trinajstić information content (AvgIpc) is 2.66. The van der Waals surface area contributed by atoms with Crippen molar-refractivity contribution in [3.05, 3.63) is 69.8 Å². The molecule has 0 amide bonds. The van der Waals surface area contributed by atoms with Gasteiger partial charge in [0.1, 0.15) is 0 Å². The summed E-state index contributed by atoms with van der Waals surface area (Å²) in [5.41, 5.74) is 8.49. The van der Waals surface area contributed by atoms with Gasteiger partial charge in [0.2, 0.25) is 0 Å². The molecule has 2 aromatic carbocycles. The van der Waals surface area contributed by atoms with Crippen molar-refractivity contribution in [2.24, 2.45) is 0 Å². The summed E-state index contributed by atoms with van der Waals surface area (Å²) >= 11 is 0. The van der Waals surface area contributed by atoms with E-state index >= 15 is 0 Å². The van der Waals surface area contributed by atoms with Gasteiger partial charge in [-0.25, -0.2) is 0 Å². The Morgan fingerprint density at radius 2 is 0.931 bits per heavy atom. The summed E-state index contributed by atoms with van der Waals surface area (Å²) in [6, 6.07) is 13.3. The average molecular weight is 395 g/mol. The van der Waals surface area contributed by atoms with Gasteiger partial charge in [0.05, 0.1) is 12.2 Å². The third kappa shape index (κ3) is 5.72. The van der Waals surface area contributed by atoms with Gasteiger partial charge in [-0.1, -0.05) is 76.9 Å². The SMILES string of the molecule is CCCC(OC(CCC)C(C)c1c(C)cccc1C)C(C)c1c(C)cccc1C. The molecule has 2 aromatic rings. The largest absolute Gasteiger partial charge is 0.374 e. The lowest BCUT2D eigenvalue weighted by molar-refractivity contribution is -0.0429. The molecule has 0 heterocycles. The zero-order chi connectivity index (χ0) is 21.6. The third-order valence-electron chi connectivity index (χ3n) is 6.61. The molecule has 1 heteroatoms. The van der Waals surface area contributed by atoms with Crippen molar-refractivity contribution in [3.8, 4) is 0 Å². The second kappa shape index (κ2) is 11.0. The molecule has 4 unspecified atom stereocenters. The highest BCUT2D eigenvalue weighted by atomic mass is 16.5. The van der Waals surface area contributed by atoms with Gasteiger partial charge in [0.25, 0.3) is 0 Å². The number of hydrogen-bond acceptors (Lipinski definition) is 1. The minimum atomic E-state index is 0.253. The zero-order valence-electron chi connectivity index (χ0n) is 20.0. The molecule has 0 aromatic heterocycles. The van der Waals surface area contributed by atoms with E-state index in [-0.39, 0.29) is 12.2 Å². The van der Waals surface area contributed by atoms with Crippen molar-refractivity contribution in [1.82, 2.24) is 0 Å². The lowest BCUT2D eigenvalue weighted by Gasteiger charge is -2.34. The van der Waals surface area contributed by atoms with E-state index in [0.29, 0.717) is 11.8 Å². The van der Waals surface area contributed by atoms with E-state index in [1.165, 1.54) is 33.4 Å². The summed E-state index contributed by atoms with van der Waals surface area (Å²) < 4.78 is 6.98. The van der Waals surface area contributed by atoms with Crippen molar-refractivity contribution in [2.45, 2.75) is 105 Å². The van der Waals surface area contributed by atoms with Crippen LogP contribution in [0.4, 0.5) is 0 Å². The van der Waals surface area contributed by atoms with E-state index in [4.69, 9.17) is 4.74 Å². The molecule has 2 rings (SSSR count). The van der Waals surface area contributed by atoms with Gasteiger partial charge in [0, 0.05) is 11.8 Å². The first-order valence-electron chi connectivity index (χ1n) is 11.6. The molecule has 0 fully saturated rings. The summed E-state index contributed by atoms with van der Waals surface area (Å²) in [6.45, 7) is 18.2.